The number of hydrogen-bond donors (Lipinski definition) is 2. The lowest BCUT2D eigenvalue weighted by atomic mass is 10.2. The topological polar surface area (TPSA) is 49.8 Å². The molecular weight excluding hydrogens is 288 g/mol. The first-order valence-electron chi connectivity index (χ1n) is 6.61. The summed E-state index contributed by atoms with van der Waals surface area (Å²) in [4.78, 5) is 10.1. The lowest BCUT2D eigenvalue weighted by Crippen LogP contribution is -2.09. The largest absolute Gasteiger partial charge is 0.369 e. The van der Waals surface area contributed by atoms with Crippen molar-refractivity contribution >= 4 is 44.7 Å². The van der Waals surface area contributed by atoms with E-state index in [0.717, 1.165) is 35.5 Å². The Morgan fingerprint density at radius 1 is 1.15 bits per heavy atom. The Morgan fingerprint density at radius 3 is 2.90 bits per heavy atom. The second-order valence-corrected chi connectivity index (χ2v) is 6.05. The molecule has 2 N–H and O–H groups in total. The summed E-state index contributed by atoms with van der Waals surface area (Å²) in [7, 11) is 0. The Kier molecular flexibility index (Phi) is 4.13. The van der Waals surface area contributed by atoms with Crippen LogP contribution in [0.1, 0.15) is 12.5 Å². The minimum absolute atomic E-state index is 0.695. The monoisotopic (exact) mass is 304 g/mol. The first-order valence-corrected chi connectivity index (χ1v) is 8.43. The number of hydrogen-bond acceptors (Lipinski definition) is 6. The number of aromatic nitrogens is 2. The van der Waals surface area contributed by atoms with Crippen LogP contribution in [0.4, 0.5) is 11.8 Å². The van der Waals surface area contributed by atoms with Crippen molar-refractivity contribution in [1.82, 2.24) is 9.97 Å². The Morgan fingerprint density at radius 2 is 2.10 bits per heavy atom. The molecule has 0 bridgehead atoms. The van der Waals surface area contributed by atoms with E-state index in [4.69, 9.17) is 0 Å². The molecule has 20 heavy (non-hydrogen) atoms. The fraction of sp³-hybridized carbons (Fsp3) is 0.286. The minimum atomic E-state index is 0.695. The number of nitrogens with zero attached hydrogens (tertiary/aromatic N) is 2. The average Bonchev–Trinajstić information content (AvgIpc) is 3.09. The molecule has 4 nitrogen and oxygen atoms in total. The van der Waals surface area contributed by atoms with Crippen LogP contribution in [0.25, 0.3) is 10.2 Å². The van der Waals surface area contributed by atoms with Gasteiger partial charge < -0.3 is 10.6 Å². The lowest BCUT2D eigenvalue weighted by molar-refractivity contribution is 1.01. The zero-order valence-electron chi connectivity index (χ0n) is 11.2. The van der Waals surface area contributed by atoms with Crippen molar-refractivity contribution in [3.05, 3.63) is 33.8 Å². The van der Waals surface area contributed by atoms with Crippen molar-refractivity contribution < 1.29 is 0 Å². The highest BCUT2D eigenvalue weighted by Gasteiger charge is 2.08. The number of rotatable bonds is 6. The maximum Gasteiger partial charge on any atom is 0.226 e. The van der Waals surface area contributed by atoms with Crippen LogP contribution < -0.4 is 10.6 Å². The van der Waals surface area contributed by atoms with Gasteiger partial charge >= 0.3 is 0 Å². The number of nitrogens with one attached hydrogen (secondary N) is 2. The third-order valence-electron chi connectivity index (χ3n) is 2.95. The summed E-state index contributed by atoms with van der Waals surface area (Å²) < 4.78 is 0. The van der Waals surface area contributed by atoms with E-state index in [0.29, 0.717) is 5.95 Å². The highest BCUT2D eigenvalue weighted by molar-refractivity contribution is 7.16. The quantitative estimate of drug-likeness (QED) is 0.726. The van der Waals surface area contributed by atoms with E-state index < -0.39 is 0 Å². The molecule has 0 aliphatic heterocycles. The predicted octanol–water partition coefficient (Wildman–Crippen LogP) is 3.84. The zero-order chi connectivity index (χ0) is 13.8. The first-order chi connectivity index (χ1) is 9.86. The summed E-state index contributed by atoms with van der Waals surface area (Å²) in [6.45, 7) is 3.75. The molecule has 0 atom stereocenters. The van der Waals surface area contributed by atoms with Gasteiger partial charge in [-0.25, -0.2) is 4.98 Å². The Bertz CT molecular complexity index is 676. The molecule has 0 saturated carbocycles. The number of anilines is 2. The molecule has 0 aliphatic carbocycles. The van der Waals surface area contributed by atoms with E-state index in [2.05, 4.69) is 48.9 Å². The standard InChI is InChI=1S/C14H16N4S2/c1-2-15-14-17-12(11-5-8-20-13(11)18-14)16-6-3-10-4-7-19-9-10/h4-5,7-9H,2-3,6H2,1H3,(H2,15,16,17,18). The molecule has 3 aromatic rings. The lowest BCUT2D eigenvalue weighted by Gasteiger charge is -2.08. The normalized spacial score (nSPS) is 10.8. The van der Waals surface area contributed by atoms with E-state index >= 15 is 0 Å². The third kappa shape index (κ3) is 2.91. The molecule has 0 amide bonds. The van der Waals surface area contributed by atoms with E-state index in [9.17, 15) is 0 Å². The van der Waals surface area contributed by atoms with Crippen LogP contribution in [0.15, 0.2) is 28.3 Å². The van der Waals surface area contributed by atoms with Gasteiger partial charge in [0.1, 0.15) is 10.6 Å². The molecule has 0 radical (unpaired) electrons. The first kappa shape index (κ1) is 13.3. The van der Waals surface area contributed by atoms with Gasteiger partial charge in [0.05, 0.1) is 5.39 Å². The summed E-state index contributed by atoms with van der Waals surface area (Å²) in [6.07, 6.45) is 1.01. The number of thiophene rings is 2. The van der Waals surface area contributed by atoms with Gasteiger partial charge in [-0.3, -0.25) is 0 Å². The highest BCUT2D eigenvalue weighted by atomic mass is 32.1. The van der Waals surface area contributed by atoms with E-state index in [1.54, 1.807) is 22.7 Å². The SMILES string of the molecule is CCNc1nc(NCCc2ccsc2)c2ccsc2n1. The second kappa shape index (κ2) is 6.19. The fourth-order valence-corrected chi connectivity index (χ4v) is 3.45. The van der Waals surface area contributed by atoms with Crippen molar-refractivity contribution in [2.45, 2.75) is 13.3 Å². The van der Waals surface area contributed by atoms with Crippen molar-refractivity contribution in [2.24, 2.45) is 0 Å². The molecule has 3 heterocycles. The predicted molar refractivity (Wildman–Crippen MR) is 88.1 cm³/mol. The molecule has 0 aromatic carbocycles. The van der Waals surface area contributed by atoms with Crippen LogP contribution in [0, 0.1) is 0 Å². The van der Waals surface area contributed by atoms with Crippen molar-refractivity contribution in [3.8, 4) is 0 Å². The highest BCUT2D eigenvalue weighted by Crippen LogP contribution is 2.26. The molecule has 104 valence electrons. The summed E-state index contributed by atoms with van der Waals surface area (Å²) in [5.74, 6) is 1.61. The Labute approximate surface area is 125 Å². The van der Waals surface area contributed by atoms with Crippen molar-refractivity contribution in [1.29, 1.82) is 0 Å². The number of fused-ring (bicyclic) bond motifs is 1. The van der Waals surface area contributed by atoms with Crippen LogP contribution in [0.3, 0.4) is 0 Å². The van der Waals surface area contributed by atoms with E-state index in [1.165, 1.54) is 5.56 Å². The maximum atomic E-state index is 4.56. The van der Waals surface area contributed by atoms with Gasteiger partial charge in [-0.2, -0.15) is 16.3 Å². The molecule has 6 heteroatoms. The summed E-state index contributed by atoms with van der Waals surface area (Å²) >= 11 is 3.38. The van der Waals surface area contributed by atoms with E-state index in [-0.39, 0.29) is 0 Å². The second-order valence-electron chi connectivity index (χ2n) is 4.37. The van der Waals surface area contributed by atoms with Crippen LogP contribution in [0.5, 0.6) is 0 Å². The zero-order valence-corrected chi connectivity index (χ0v) is 12.9. The molecule has 3 rings (SSSR count). The Hall–Kier alpha value is -1.66. The molecule has 0 aliphatic rings. The van der Waals surface area contributed by atoms with Gasteiger partial charge in [0, 0.05) is 13.1 Å². The Balaban J connectivity index is 1.76. The third-order valence-corrected chi connectivity index (χ3v) is 4.48. The molecular formula is C14H16N4S2. The van der Waals surface area contributed by atoms with Gasteiger partial charge in [0.2, 0.25) is 5.95 Å². The fourth-order valence-electron chi connectivity index (χ4n) is 1.99. The van der Waals surface area contributed by atoms with Crippen LogP contribution >= 0.6 is 22.7 Å². The summed E-state index contributed by atoms with van der Waals surface area (Å²) in [6, 6.07) is 4.24. The molecule has 0 saturated heterocycles. The van der Waals surface area contributed by atoms with Crippen molar-refractivity contribution in [2.75, 3.05) is 23.7 Å². The smallest absolute Gasteiger partial charge is 0.226 e. The van der Waals surface area contributed by atoms with Crippen molar-refractivity contribution in [3.63, 3.8) is 0 Å². The van der Waals surface area contributed by atoms with Gasteiger partial charge in [-0.15, -0.1) is 11.3 Å². The van der Waals surface area contributed by atoms with Crippen LogP contribution in [-0.4, -0.2) is 23.1 Å². The minimum Gasteiger partial charge on any atom is -0.369 e. The van der Waals surface area contributed by atoms with Crippen LogP contribution in [-0.2, 0) is 6.42 Å². The summed E-state index contributed by atoms with van der Waals surface area (Å²) in [5.41, 5.74) is 1.37. The molecule has 0 fully saturated rings. The molecule has 3 aromatic heterocycles. The maximum absolute atomic E-state index is 4.56. The van der Waals surface area contributed by atoms with Gasteiger partial charge in [-0.05, 0) is 47.2 Å². The average molecular weight is 304 g/mol. The van der Waals surface area contributed by atoms with Crippen LogP contribution in [0.2, 0.25) is 0 Å². The van der Waals surface area contributed by atoms with Gasteiger partial charge in [0.25, 0.3) is 0 Å². The van der Waals surface area contributed by atoms with Gasteiger partial charge in [-0.1, -0.05) is 0 Å². The molecule has 0 spiro atoms. The van der Waals surface area contributed by atoms with E-state index in [1.807, 2.05) is 6.92 Å². The molecule has 0 unspecified atom stereocenters. The van der Waals surface area contributed by atoms with Gasteiger partial charge in [0.15, 0.2) is 0 Å². The summed E-state index contributed by atoms with van der Waals surface area (Å²) in [5, 5.41) is 14.1.